The minimum Gasteiger partial charge on any atom is -0.326 e. The van der Waals surface area contributed by atoms with Gasteiger partial charge in [-0.1, -0.05) is 12.5 Å². The zero-order valence-electron chi connectivity index (χ0n) is 11.1. The van der Waals surface area contributed by atoms with E-state index in [4.69, 9.17) is 5.73 Å². The van der Waals surface area contributed by atoms with Gasteiger partial charge in [0.15, 0.2) is 0 Å². The summed E-state index contributed by atoms with van der Waals surface area (Å²) in [5.74, 6) is 0.495. The van der Waals surface area contributed by atoms with Gasteiger partial charge >= 0.3 is 0 Å². The first-order valence-corrected chi connectivity index (χ1v) is 9.16. The second kappa shape index (κ2) is 6.89. The van der Waals surface area contributed by atoms with Crippen molar-refractivity contribution < 1.29 is 12.8 Å². The third kappa shape index (κ3) is 3.94. The summed E-state index contributed by atoms with van der Waals surface area (Å²) in [5.41, 5.74) is 5.94. The van der Waals surface area contributed by atoms with Crippen LogP contribution in [-0.2, 0) is 16.6 Å². The van der Waals surface area contributed by atoms with Gasteiger partial charge in [-0.15, -0.1) is 0 Å². The van der Waals surface area contributed by atoms with Crippen molar-refractivity contribution in [3.05, 3.63) is 29.6 Å². The maximum Gasteiger partial charge on any atom is 0.241 e. The van der Waals surface area contributed by atoms with Crippen molar-refractivity contribution in [3.8, 4) is 0 Å². The van der Waals surface area contributed by atoms with Gasteiger partial charge in [0.2, 0.25) is 10.0 Å². The predicted octanol–water partition coefficient (Wildman–Crippen LogP) is 1.85. The molecule has 4 nitrogen and oxygen atoms in total. The van der Waals surface area contributed by atoms with Crippen LogP contribution in [0.15, 0.2) is 23.1 Å². The lowest BCUT2D eigenvalue weighted by Crippen LogP contribution is -2.32. The smallest absolute Gasteiger partial charge is 0.241 e. The molecule has 0 saturated carbocycles. The van der Waals surface area contributed by atoms with Gasteiger partial charge in [0.05, 0.1) is 4.90 Å². The lowest BCUT2D eigenvalue weighted by atomic mass is 10.2. The Balaban J connectivity index is 2.11. The number of hydrogen-bond donors (Lipinski definition) is 2. The van der Waals surface area contributed by atoms with Crippen LogP contribution in [0.1, 0.15) is 24.8 Å². The summed E-state index contributed by atoms with van der Waals surface area (Å²) in [7, 11) is -3.71. The first-order chi connectivity index (χ1) is 9.53. The summed E-state index contributed by atoms with van der Waals surface area (Å²) in [6, 6.07) is 3.66. The molecule has 1 unspecified atom stereocenters. The van der Waals surface area contributed by atoms with Gasteiger partial charge in [-0.25, -0.2) is 17.5 Å². The van der Waals surface area contributed by atoms with E-state index in [0.29, 0.717) is 17.4 Å². The first-order valence-electron chi connectivity index (χ1n) is 6.62. The Morgan fingerprint density at radius 3 is 2.85 bits per heavy atom. The lowest BCUT2D eigenvalue weighted by Gasteiger charge is -2.21. The Morgan fingerprint density at radius 2 is 2.20 bits per heavy atom. The maximum absolute atomic E-state index is 13.3. The maximum atomic E-state index is 13.3. The molecule has 1 saturated heterocycles. The Labute approximate surface area is 123 Å². The highest BCUT2D eigenvalue weighted by Gasteiger charge is 2.21. The Morgan fingerprint density at radius 1 is 1.40 bits per heavy atom. The molecule has 112 valence electrons. The molecule has 0 bridgehead atoms. The van der Waals surface area contributed by atoms with Gasteiger partial charge in [-0.2, -0.15) is 11.8 Å². The van der Waals surface area contributed by atoms with Crippen LogP contribution in [0, 0.1) is 5.82 Å². The average Bonchev–Trinajstić information content (AvgIpc) is 2.46. The summed E-state index contributed by atoms with van der Waals surface area (Å²) in [6.07, 6.45) is 3.34. The number of sulfonamides is 1. The van der Waals surface area contributed by atoms with Crippen LogP contribution in [0.3, 0.4) is 0 Å². The Kier molecular flexibility index (Phi) is 5.42. The topological polar surface area (TPSA) is 72.2 Å². The molecule has 0 spiro atoms. The van der Waals surface area contributed by atoms with Gasteiger partial charge in [0.25, 0.3) is 0 Å². The third-order valence-electron chi connectivity index (χ3n) is 3.31. The molecule has 0 amide bonds. The van der Waals surface area contributed by atoms with E-state index in [1.54, 1.807) is 11.8 Å². The van der Waals surface area contributed by atoms with E-state index in [0.717, 1.165) is 24.7 Å². The summed E-state index contributed by atoms with van der Waals surface area (Å²) >= 11 is 1.79. The molecule has 1 fully saturated rings. The van der Waals surface area contributed by atoms with E-state index in [2.05, 4.69) is 4.72 Å². The molecule has 20 heavy (non-hydrogen) atoms. The molecule has 3 N–H and O–H groups in total. The van der Waals surface area contributed by atoms with Crippen molar-refractivity contribution >= 4 is 21.8 Å². The molecule has 0 aliphatic carbocycles. The number of benzene rings is 1. The van der Waals surface area contributed by atoms with Gasteiger partial charge < -0.3 is 5.73 Å². The van der Waals surface area contributed by atoms with Crippen LogP contribution in [0.4, 0.5) is 4.39 Å². The molecule has 1 atom stereocenters. The number of hydrogen-bond acceptors (Lipinski definition) is 4. The number of rotatable bonds is 5. The largest absolute Gasteiger partial charge is 0.326 e. The lowest BCUT2D eigenvalue weighted by molar-refractivity contribution is 0.569. The van der Waals surface area contributed by atoms with E-state index < -0.39 is 15.8 Å². The molecular weight excluding hydrogens is 299 g/mol. The summed E-state index contributed by atoms with van der Waals surface area (Å²) < 4.78 is 40.4. The molecule has 7 heteroatoms. The van der Waals surface area contributed by atoms with E-state index in [-0.39, 0.29) is 11.4 Å². The second-order valence-electron chi connectivity index (χ2n) is 4.80. The van der Waals surface area contributed by atoms with E-state index in [9.17, 15) is 12.8 Å². The van der Waals surface area contributed by atoms with Gasteiger partial charge in [-0.3, -0.25) is 0 Å². The van der Waals surface area contributed by atoms with Crippen molar-refractivity contribution in [3.63, 3.8) is 0 Å². The Bertz CT molecular complexity index is 557. The normalized spacial score (nSPS) is 20.0. The van der Waals surface area contributed by atoms with Gasteiger partial charge in [0.1, 0.15) is 5.82 Å². The number of nitrogens with two attached hydrogens (primary N) is 1. The Hall–Kier alpha value is -0.630. The monoisotopic (exact) mass is 318 g/mol. The molecule has 1 aromatic rings. The standard InChI is InChI=1S/C13H19FN2O2S2/c14-11-5-4-10(8-15)13(7-11)20(17,18)16-9-12-3-1-2-6-19-12/h4-5,7,12,16H,1-3,6,8-9,15H2. The van der Waals surface area contributed by atoms with Crippen molar-refractivity contribution in [1.82, 2.24) is 4.72 Å². The number of halogens is 1. The van der Waals surface area contributed by atoms with Crippen molar-refractivity contribution in [2.45, 2.75) is 36.0 Å². The third-order valence-corrected chi connectivity index (χ3v) is 6.22. The first kappa shape index (κ1) is 15.8. The highest BCUT2D eigenvalue weighted by atomic mass is 32.2. The van der Waals surface area contributed by atoms with Gasteiger partial charge in [-0.05, 0) is 36.3 Å². The highest BCUT2D eigenvalue weighted by Crippen LogP contribution is 2.25. The zero-order chi connectivity index (χ0) is 14.6. The van der Waals surface area contributed by atoms with Crippen LogP contribution < -0.4 is 10.5 Å². The number of thioether (sulfide) groups is 1. The fourth-order valence-electron chi connectivity index (χ4n) is 2.20. The average molecular weight is 318 g/mol. The van der Waals surface area contributed by atoms with Crippen molar-refractivity contribution in [1.29, 1.82) is 0 Å². The quantitative estimate of drug-likeness (QED) is 0.869. The van der Waals surface area contributed by atoms with E-state index >= 15 is 0 Å². The second-order valence-corrected chi connectivity index (χ2v) is 7.94. The molecule has 1 aromatic carbocycles. The van der Waals surface area contributed by atoms with Crippen LogP contribution in [-0.4, -0.2) is 26.0 Å². The number of nitrogens with one attached hydrogen (secondary N) is 1. The fraction of sp³-hybridized carbons (Fsp3) is 0.538. The van der Waals surface area contributed by atoms with Crippen molar-refractivity contribution in [2.24, 2.45) is 5.73 Å². The molecular formula is C13H19FN2O2S2. The highest BCUT2D eigenvalue weighted by molar-refractivity contribution is 8.00. The molecule has 1 aliphatic heterocycles. The van der Waals surface area contributed by atoms with E-state index in [1.807, 2.05) is 0 Å². The van der Waals surface area contributed by atoms with Crippen LogP contribution in [0.25, 0.3) is 0 Å². The molecule has 0 aromatic heterocycles. The van der Waals surface area contributed by atoms with E-state index in [1.165, 1.54) is 18.6 Å². The van der Waals surface area contributed by atoms with Crippen molar-refractivity contribution in [2.75, 3.05) is 12.3 Å². The molecule has 0 radical (unpaired) electrons. The molecule has 1 heterocycles. The van der Waals surface area contributed by atoms with Crippen LogP contribution >= 0.6 is 11.8 Å². The minimum atomic E-state index is -3.71. The SMILES string of the molecule is NCc1ccc(F)cc1S(=O)(=O)NCC1CCCCS1. The molecule has 2 rings (SSSR count). The zero-order valence-corrected chi connectivity index (χ0v) is 12.8. The van der Waals surface area contributed by atoms with Gasteiger partial charge in [0, 0.05) is 18.3 Å². The summed E-state index contributed by atoms with van der Waals surface area (Å²) in [4.78, 5) is -0.0548. The molecule has 1 aliphatic rings. The minimum absolute atomic E-state index is 0.0548. The van der Waals surface area contributed by atoms with Crippen LogP contribution in [0.2, 0.25) is 0 Å². The fourth-order valence-corrected chi connectivity index (χ4v) is 4.88. The summed E-state index contributed by atoms with van der Waals surface area (Å²) in [5, 5.41) is 0.299. The summed E-state index contributed by atoms with van der Waals surface area (Å²) in [6.45, 7) is 0.447. The van der Waals surface area contributed by atoms with Crippen LogP contribution in [0.5, 0.6) is 0 Å². The predicted molar refractivity (Wildman–Crippen MR) is 79.6 cm³/mol.